The summed E-state index contributed by atoms with van der Waals surface area (Å²) in [6, 6.07) is 18.7. The van der Waals surface area contributed by atoms with Crippen molar-refractivity contribution in [1.29, 1.82) is 0 Å². The SMILES string of the molecule is COc1cccc(N2C[C@H](C(=O)OCC(=O)c3ccc(OS(=O)(=O)c4ccc(C)cc4)cc3)CC2=O)c1. The molecule has 1 fully saturated rings. The van der Waals surface area contributed by atoms with Crippen molar-refractivity contribution in [2.75, 3.05) is 25.2 Å². The number of carbonyl (C=O) groups excluding carboxylic acids is 3. The molecule has 0 spiro atoms. The lowest BCUT2D eigenvalue weighted by atomic mass is 10.1. The molecular weight excluding hydrogens is 498 g/mol. The van der Waals surface area contributed by atoms with Crippen LogP contribution in [0.5, 0.6) is 11.5 Å². The molecule has 0 bridgehead atoms. The number of ether oxygens (including phenoxy) is 2. The first-order valence-corrected chi connectivity index (χ1v) is 12.8. The summed E-state index contributed by atoms with van der Waals surface area (Å²) in [7, 11) is -2.50. The Morgan fingerprint density at radius 2 is 1.68 bits per heavy atom. The Balaban J connectivity index is 1.31. The van der Waals surface area contributed by atoms with Gasteiger partial charge in [-0.3, -0.25) is 14.4 Å². The van der Waals surface area contributed by atoms with E-state index in [4.69, 9.17) is 13.7 Å². The van der Waals surface area contributed by atoms with Crippen LogP contribution in [0, 0.1) is 12.8 Å². The number of benzene rings is 3. The van der Waals surface area contributed by atoms with E-state index in [2.05, 4.69) is 0 Å². The number of esters is 1. The van der Waals surface area contributed by atoms with Gasteiger partial charge >= 0.3 is 16.1 Å². The van der Waals surface area contributed by atoms with E-state index in [0.717, 1.165) is 5.56 Å². The van der Waals surface area contributed by atoms with Gasteiger partial charge in [0, 0.05) is 30.3 Å². The molecule has 0 aliphatic carbocycles. The number of carbonyl (C=O) groups is 3. The van der Waals surface area contributed by atoms with Crippen LogP contribution in [0.2, 0.25) is 0 Å². The average Bonchev–Trinajstić information content (AvgIpc) is 3.29. The van der Waals surface area contributed by atoms with E-state index < -0.39 is 34.4 Å². The molecule has 10 heteroatoms. The molecule has 1 aliphatic rings. The van der Waals surface area contributed by atoms with Gasteiger partial charge in [0.1, 0.15) is 16.4 Å². The van der Waals surface area contributed by atoms with Crippen molar-refractivity contribution in [3.63, 3.8) is 0 Å². The second-order valence-electron chi connectivity index (χ2n) is 8.51. The minimum Gasteiger partial charge on any atom is -0.497 e. The summed E-state index contributed by atoms with van der Waals surface area (Å²) in [5.41, 5.74) is 1.74. The first kappa shape index (κ1) is 25.9. The molecule has 0 saturated carbocycles. The van der Waals surface area contributed by atoms with Gasteiger partial charge in [-0.25, -0.2) is 0 Å². The van der Waals surface area contributed by atoms with Gasteiger partial charge in [-0.05, 0) is 55.5 Å². The molecule has 1 amide bonds. The van der Waals surface area contributed by atoms with E-state index in [1.807, 2.05) is 6.92 Å². The number of rotatable bonds is 9. The van der Waals surface area contributed by atoms with Crippen LogP contribution in [0.4, 0.5) is 5.69 Å². The Kier molecular flexibility index (Phi) is 7.58. The molecule has 4 rings (SSSR count). The highest BCUT2D eigenvalue weighted by molar-refractivity contribution is 7.87. The number of hydrogen-bond acceptors (Lipinski definition) is 8. The van der Waals surface area contributed by atoms with Crippen molar-refractivity contribution in [2.45, 2.75) is 18.2 Å². The van der Waals surface area contributed by atoms with E-state index in [9.17, 15) is 22.8 Å². The molecule has 0 N–H and O–H groups in total. The van der Waals surface area contributed by atoms with Crippen molar-refractivity contribution in [3.05, 3.63) is 83.9 Å². The third-order valence-corrected chi connectivity index (χ3v) is 7.12. The predicted octanol–water partition coefficient (Wildman–Crippen LogP) is 3.55. The highest BCUT2D eigenvalue weighted by Crippen LogP contribution is 2.28. The molecule has 3 aromatic carbocycles. The summed E-state index contributed by atoms with van der Waals surface area (Å²) < 4.78 is 40.3. The maximum atomic E-state index is 12.5. The van der Waals surface area contributed by atoms with Gasteiger partial charge in [-0.2, -0.15) is 8.42 Å². The maximum Gasteiger partial charge on any atom is 0.339 e. The maximum absolute atomic E-state index is 12.5. The number of methoxy groups -OCH3 is 1. The van der Waals surface area contributed by atoms with E-state index >= 15 is 0 Å². The predicted molar refractivity (Wildman–Crippen MR) is 134 cm³/mol. The van der Waals surface area contributed by atoms with Crippen LogP contribution in [-0.4, -0.2) is 46.3 Å². The molecule has 9 nitrogen and oxygen atoms in total. The number of ketones is 1. The van der Waals surface area contributed by atoms with Crippen LogP contribution >= 0.6 is 0 Å². The van der Waals surface area contributed by atoms with Crippen LogP contribution in [0.3, 0.4) is 0 Å². The minimum absolute atomic E-state index is 0.0144. The highest BCUT2D eigenvalue weighted by atomic mass is 32.2. The summed E-state index contributed by atoms with van der Waals surface area (Å²) in [6.45, 7) is 1.47. The second-order valence-corrected chi connectivity index (χ2v) is 10.1. The van der Waals surface area contributed by atoms with Crippen molar-refractivity contribution in [1.82, 2.24) is 0 Å². The van der Waals surface area contributed by atoms with Crippen molar-refractivity contribution >= 4 is 33.5 Å². The third-order valence-electron chi connectivity index (χ3n) is 5.86. The summed E-state index contributed by atoms with van der Waals surface area (Å²) in [5.74, 6) is -1.42. The van der Waals surface area contributed by atoms with E-state index in [1.165, 1.54) is 48.4 Å². The fourth-order valence-corrected chi connectivity index (χ4v) is 4.74. The molecule has 37 heavy (non-hydrogen) atoms. The van der Waals surface area contributed by atoms with Crippen molar-refractivity contribution in [2.24, 2.45) is 5.92 Å². The van der Waals surface area contributed by atoms with Gasteiger partial charge in [-0.1, -0.05) is 23.8 Å². The summed E-state index contributed by atoms with van der Waals surface area (Å²) in [6.07, 6.45) is -0.0221. The smallest absolute Gasteiger partial charge is 0.339 e. The van der Waals surface area contributed by atoms with Crippen LogP contribution < -0.4 is 13.8 Å². The van der Waals surface area contributed by atoms with Gasteiger partial charge < -0.3 is 18.6 Å². The number of anilines is 1. The fourth-order valence-electron chi connectivity index (χ4n) is 3.81. The van der Waals surface area contributed by atoms with Crippen LogP contribution in [0.25, 0.3) is 0 Å². The lowest BCUT2D eigenvalue weighted by Gasteiger charge is -2.17. The zero-order valence-corrected chi connectivity index (χ0v) is 21.1. The third kappa shape index (κ3) is 6.15. The van der Waals surface area contributed by atoms with Gasteiger partial charge in [0.2, 0.25) is 5.91 Å². The summed E-state index contributed by atoms with van der Waals surface area (Å²) in [4.78, 5) is 39.0. The zero-order valence-electron chi connectivity index (χ0n) is 20.2. The van der Waals surface area contributed by atoms with E-state index in [1.54, 1.807) is 36.4 Å². The molecule has 3 aromatic rings. The molecule has 0 radical (unpaired) electrons. The number of amides is 1. The monoisotopic (exact) mass is 523 g/mol. The lowest BCUT2D eigenvalue weighted by molar-refractivity contribution is -0.147. The molecule has 192 valence electrons. The highest BCUT2D eigenvalue weighted by Gasteiger charge is 2.36. The molecular formula is C27H25NO8S. The standard InChI is InChI=1S/C27H25NO8S/c1-18-6-12-24(13-7-18)37(32,33)36-22-10-8-19(9-11-22)25(29)17-35-27(31)20-14-26(30)28(16-20)21-4-3-5-23(15-21)34-2/h3-13,15,20H,14,16-17H2,1-2H3/t20-/m1/s1. The summed E-state index contributed by atoms with van der Waals surface area (Å²) in [5, 5.41) is 0. The minimum atomic E-state index is -4.02. The van der Waals surface area contributed by atoms with Crippen LogP contribution in [0.1, 0.15) is 22.3 Å². The second kappa shape index (κ2) is 10.8. The molecule has 1 atom stereocenters. The molecule has 1 heterocycles. The van der Waals surface area contributed by atoms with Gasteiger partial charge in [-0.15, -0.1) is 0 Å². The Morgan fingerprint density at radius 3 is 2.35 bits per heavy atom. The number of aryl methyl sites for hydroxylation is 1. The molecule has 1 aliphatic heterocycles. The zero-order chi connectivity index (χ0) is 26.6. The average molecular weight is 524 g/mol. The molecule has 0 aromatic heterocycles. The Labute approximate surface area is 214 Å². The number of Topliss-reactive ketones (excluding diaryl/α,β-unsaturated/α-hetero) is 1. The summed E-state index contributed by atoms with van der Waals surface area (Å²) >= 11 is 0. The number of hydrogen-bond donors (Lipinski definition) is 0. The number of nitrogens with zero attached hydrogens (tertiary/aromatic N) is 1. The van der Waals surface area contributed by atoms with Gasteiger partial charge in [0.15, 0.2) is 12.4 Å². The van der Waals surface area contributed by atoms with Gasteiger partial charge in [0.05, 0.1) is 13.0 Å². The van der Waals surface area contributed by atoms with Crippen molar-refractivity contribution in [3.8, 4) is 11.5 Å². The van der Waals surface area contributed by atoms with Gasteiger partial charge in [0.25, 0.3) is 0 Å². The Bertz CT molecular complexity index is 1420. The molecule has 0 unspecified atom stereocenters. The van der Waals surface area contributed by atoms with Crippen molar-refractivity contribution < 1.29 is 36.5 Å². The van der Waals surface area contributed by atoms with E-state index in [-0.39, 0.29) is 35.1 Å². The Morgan fingerprint density at radius 1 is 0.973 bits per heavy atom. The first-order valence-electron chi connectivity index (χ1n) is 11.4. The topological polar surface area (TPSA) is 116 Å². The fraction of sp³-hybridized carbons (Fsp3) is 0.222. The largest absolute Gasteiger partial charge is 0.497 e. The molecule has 1 saturated heterocycles. The normalized spacial score (nSPS) is 15.4. The lowest BCUT2D eigenvalue weighted by Crippen LogP contribution is -2.27. The van der Waals surface area contributed by atoms with E-state index in [0.29, 0.717) is 11.4 Å². The van der Waals surface area contributed by atoms with Crippen LogP contribution in [0.15, 0.2) is 77.7 Å². The van der Waals surface area contributed by atoms with Crippen LogP contribution in [-0.2, 0) is 24.4 Å². The Hall–Kier alpha value is -4.18. The first-order chi connectivity index (χ1) is 17.7. The quantitative estimate of drug-likeness (QED) is 0.238.